The van der Waals surface area contributed by atoms with Gasteiger partial charge in [-0.2, -0.15) is 0 Å². The van der Waals surface area contributed by atoms with E-state index in [4.69, 9.17) is 14.2 Å². The molecule has 0 aliphatic carbocycles. The van der Waals surface area contributed by atoms with Gasteiger partial charge in [-0.1, -0.05) is 6.07 Å². The molecule has 3 heterocycles. The Morgan fingerprint density at radius 2 is 2.08 bits per heavy atom. The number of carbonyl (C=O) groups excluding carboxylic acids is 2. The summed E-state index contributed by atoms with van der Waals surface area (Å²) in [5.41, 5.74) is 2.04. The van der Waals surface area contributed by atoms with Crippen LogP contribution in [0.2, 0.25) is 0 Å². The topological polar surface area (TPSA) is 105 Å². The molecule has 0 bridgehead atoms. The van der Waals surface area contributed by atoms with Gasteiger partial charge in [-0.05, 0) is 38.5 Å². The zero-order valence-electron chi connectivity index (χ0n) is 22.2. The molecule has 1 aromatic heterocycles. The Balaban J connectivity index is 1.51. The minimum Gasteiger partial charge on any atom is -0.383 e. The highest BCUT2D eigenvalue weighted by Crippen LogP contribution is 2.31. The number of ether oxygens (including phenoxy) is 3. The quantitative estimate of drug-likeness (QED) is 0.451. The molecule has 4 rings (SSSR count). The summed E-state index contributed by atoms with van der Waals surface area (Å²) in [6, 6.07) is 5.80. The van der Waals surface area contributed by atoms with Crippen LogP contribution >= 0.6 is 11.3 Å². The van der Waals surface area contributed by atoms with E-state index in [2.05, 4.69) is 46.2 Å². The van der Waals surface area contributed by atoms with Gasteiger partial charge in [-0.15, -0.1) is 11.3 Å². The minimum absolute atomic E-state index is 0.106. The molecule has 2 atom stereocenters. The number of morpholine rings is 1. The molecule has 11 heteroatoms. The molecule has 0 radical (unpaired) electrons. The first-order valence-electron chi connectivity index (χ1n) is 12.5. The van der Waals surface area contributed by atoms with Gasteiger partial charge in [0.25, 0.3) is 11.8 Å². The molecule has 2 amide bonds. The first-order valence-corrected chi connectivity index (χ1v) is 13.4. The summed E-state index contributed by atoms with van der Waals surface area (Å²) in [5.74, 6) is -0.624. The summed E-state index contributed by atoms with van der Waals surface area (Å²) >= 11 is 1.42. The second-order valence-corrected chi connectivity index (χ2v) is 10.9. The van der Waals surface area contributed by atoms with Crippen molar-refractivity contribution in [3.63, 3.8) is 0 Å². The van der Waals surface area contributed by atoms with Gasteiger partial charge in [0, 0.05) is 51.3 Å². The summed E-state index contributed by atoms with van der Waals surface area (Å²) in [6.07, 6.45) is 0.168. The van der Waals surface area contributed by atoms with Crippen LogP contribution in [0.5, 0.6) is 0 Å². The summed E-state index contributed by atoms with van der Waals surface area (Å²) in [5, 5.41) is 8.29. The van der Waals surface area contributed by atoms with Crippen molar-refractivity contribution in [2.75, 3.05) is 63.9 Å². The monoisotopic (exact) mass is 531 g/mol. The van der Waals surface area contributed by atoms with Crippen LogP contribution in [0.25, 0.3) is 0 Å². The lowest BCUT2D eigenvalue weighted by Crippen LogP contribution is -2.59. The maximum atomic E-state index is 13.1. The zero-order valence-corrected chi connectivity index (χ0v) is 23.0. The van der Waals surface area contributed by atoms with Crippen LogP contribution in [0, 0.1) is 0 Å². The number of carbonyl (C=O) groups is 2. The highest BCUT2D eigenvalue weighted by atomic mass is 32.1. The van der Waals surface area contributed by atoms with Gasteiger partial charge >= 0.3 is 0 Å². The second-order valence-electron chi connectivity index (χ2n) is 10.1. The Bertz CT molecular complexity index is 1110. The van der Waals surface area contributed by atoms with Crippen LogP contribution in [-0.4, -0.2) is 93.1 Å². The number of anilines is 2. The van der Waals surface area contributed by atoms with Gasteiger partial charge in [-0.3, -0.25) is 14.5 Å². The molecule has 2 fully saturated rings. The van der Waals surface area contributed by atoms with Crippen molar-refractivity contribution in [2.24, 2.45) is 0 Å². The van der Waals surface area contributed by atoms with E-state index in [1.54, 1.807) is 25.7 Å². The predicted octanol–water partition coefficient (Wildman–Crippen LogP) is 2.61. The van der Waals surface area contributed by atoms with E-state index >= 15 is 0 Å². The number of hydrogen-bond acceptors (Lipinski definition) is 9. The van der Waals surface area contributed by atoms with Gasteiger partial charge in [0.1, 0.15) is 5.69 Å². The largest absolute Gasteiger partial charge is 0.383 e. The van der Waals surface area contributed by atoms with E-state index in [1.807, 2.05) is 12.1 Å². The van der Waals surface area contributed by atoms with Crippen LogP contribution in [0.1, 0.15) is 47.2 Å². The van der Waals surface area contributed by atoms with Crippen LogP contribution in [0.3, 0.4) is 0 Å². The zero-order chi connectivity index (χ0) is 26.6. The number of benzene rings is 1. The summed E-state index contributed by atoms with van der Waals surface area (Å²) < 4.78 is 16.1. The SMILES string of the molecule is COCCNC(=O)c1cc(CN2CCOCC2(C)C)ccc1NC(=O)c1csc(N2C[C@H](OC)[C@H]2C)n1. The normalized spacial score (nSPS) is 21.4. The van der Waals surface area contributed by atoms with Crippen LogP contribution in [0.4, 0.5) is 10.8 Å². The molecule has 2 aromatic rings. The molecule has 1 aromatic carbocycles. The number of methoxy groups -OCH3 is 2. The van der Waals surface area contributed by atoms with E-state index in [0.29, 0.717) is 49.9 Å². The number of nitrogens with zero attached hydrogens (tertiary/aromatic N) is 3. The smallest absolute Gasteiger partial charge is 0.275 e. The number of amides is 2. The van der Waals surface area contributed by atoms with Crippen molar-refractivity contribution < 1.29 is 23.8 Å². The Morgan fingerprint density at radius 1 is 1.27 bits per heavy atom. The maximum absolute atomic E-state index is 13.1. The third kappa shape index (κ3) is 6.29. The molecule has 10 nitrogen and oxygen atoms in total. The van der Waals surface area contributed by atoms with Gasteiger partial charge in [0.2, 0.25) is 0 Å². The molecular weight excluding hydrogens is 494 g/mol. The average molecular weight is 532 g/mol. The van der Waals surface area contributed by atoms with Gasteiger partial charge in [0.15, 0.2) is 5.13 Å². The van der Waals surface area contributed by atoms with Gasteiger partial charge in [-0.25, -0.2) is 4.98 Å². The fourth-order valence-electron chi connectivity index (χ4n) is 4.54. The van der Waals surface area contributed by atoms with Gasteiger partial charge in [0.05, 0.1) is 43.2 Å². The lowest BCUT2D eigenvalue weighted by Gasteiger charge is -2.45. The Kier molecular flexibility index (Phi) is 8.81. The molecule has 37 heavy (non-hydrogen) atoms. The molecule has 0 unspecified atom stereocenters. The van der Waals surface area contributed by atoms with Crippen molar-refractivity contribution in [3.05, 3.63) is 40.4 Å². The highest BCUT2D eigenvalue weighted by molar-refractivity contribution is 7.14. The Hall–Kier alpha value is -2.57. The Labute approximate surface area is 222 Å². The predicted molar refractivity (Wildman–Crippen MR) is 144 cm³/mol. The fraction of sp³-hybridized carbons (Fsp3) is 0.577. The number of nitrogens with one attached hydrogen (secondary N) is 2. The number of rotatable bonds is 10. The van der Waals surface area contributed by atoms with Crippen LogP contribution in [-0.2, 0) is 20.8 Å². The summed E-state index contributed by atoms with van der Waals surface area (Å²) in [4.78, 5) is 35.2. The molecule has 2 N–H and O–H groups in total. The third-order valence-electron chi connectivity index (χ3n) is 7.04. The van der Waals surface area contributed by atoms with Crippen molar-refractivity contribution in [1.29, 1.82) is 0 Å². The molecule has 0 saturated carbocycles. The lowest BCUT2D eigenvalue weighted by molar-refractivity contribution is -0.0552. The second kappa shape index (κ2) is 11.9. The Morgan fingerprint density at radius 3 is 2.78 bits per heavy atom. The van der Waals surface area contributed by atoms with E-state index < -0.39 is 0 Å². The van der Waals surface area contributed by atoms with E-state index in [0.717, 1.165) is 23.8 Å². The molecule has 2 aliphatic heterocycles. The summed E-state index contributed by atoms with van der Waals surface area (Å²) in [6.45, 7) is 10.7. The highest BCUT2D eigenvalue weighted by Gasteiger charge is 2.37. The van der Waals surface area contributed by atoms with Crippen molar-refractivity contribution in [2.45, 2.75) is 45.0 Å². The van der Waals surface area contributed by atoms with E-state index in [9.17, 15) is 9.59 Å². The molecule has 202 valence electrons. The fourth-order valence-corrected chi connectivity index (χ4v) is 5.44. The molecular formula is C26H37N5O5S. The van der Waals surface area contributed by atoms with Crippen molar-refractivity contribution >= 4 is 34.0 Å². The summed E-state index contributed by atoms with van der Waals surface area (Å²) in [7, 11) is 3.29. The standard InChI is InChI=1S/C26H37N5O5S/c1-17-22(35-5)14-31(17)25-29-21(15-37-25)24(33)28-20-7-6-18(12-19(20)23(32)27-8-10-34-4)13-30-9-11-36-16-26(30,2)3/h6-7,12,15,17,22H,8-11,13-14,16H2,1-5H3,(H,27,32)(H,28,33)/t17-,22+/m1/s1. The molecule has 0 spiro atoms. The van der Waals surface area contributed by atoms with Crippen molar-refractivity contribution in [1.82, 2.24) is 15.2 Å². The number of aromatic nitrogens is 1. The first kappa shape index (κ1) is 27.5. The van der Waals surface area contributed by atoms with Crippen molar-refractivity contribution in [3.8, 4) is 0 Å². The van der Waals surface area contributed by atoms with Gasteiger partial charge < -0.3 is 29.7 Å². The lowest BCUT2D eigenvalue weighted by atomic mass is 10.00. The first-order chi connectivity index (χ1) is 17.7. The maximum Gasteiger partial charge on any atom is 0.275 e. The molecule has 2 aliphatic rings. The van der Waals surface area contributed by atoms with E-state index in [1.165, 1.54) is 11.3 Å². The third-order valence-corrected chi connectivity index (χ3v) is 7.92. The number of thiazole rings is 1. The minimum atomic E-state index is -0.355. The van der Waals surface area contributed by atoms with Crippen LogP contribution < -0.4 is 15.5 Å². The van der Waals surface area contributed by atoms with E-state index in [-0.39, 0.29) is 29.5 Å². The average Bonchev–Trinajstić information content (AvgIpc) is 3.35. The number of hydrogen-bond donors (Lipinski definition) is 2. The van der Waals surface area contributed by atoms with Crippen LogP contribution in [0.15, 0.2) is 23.6 Å². The molecule has 2 saturated heterocycles.